The van der Waals surface area contributed by atoms with E-state index < -0.39 is 12.2 Å². The first-order chi connectivity index (χ1) is 8.65. The van der Waals surface area contributed by atoms with Crippen molar-refractivity contribution < 1.29 is 19.7 Å². The van der Waals surface area contributed by atoms with Gasteiger partial charge in [0.15, 0.2) is 0 Å². The Kier molecular flexibility index (Phi) is 6.45. The molecule has 1 aromatic carbocycles. The zero-order valence-electron chi connectivity index (χ0n) is 10.2. The molecule has 0 bridgehead atoms. The highest BCUT2D eigenvalue weighted by Crippen LogP contribution is 2.17. The molecule has 6 heteroatoms. The van der Waals surface area contributed by atoms with E-state index in [9.17, 15) is 10.2 Å². The van der Waals surface area contributed by atoms with Crippen LogP contribution in [0.25, 0.3) is 0 Å². The minimum Gasteiger partial charge on any atom is -0.491 e. The molecule has 0 aliphatic carbocycles. The highest BCUT2D eigenvalue weighted by molar-refractivity contribution is 5.31. The van der Waals surface area contributed by atoms with Gasteiger partial charge in [0.05, 0.1) is 0 Å². The van der Waals surface area contributed by atoms with E-state index in [1.165, 1.54) is 0 Å². The Morgan fingerprint density at radius 3 is 1.44 bits per heavy atom. The molecule has 0 unspecified atom stereocenters. The summed E-state index contributed by atoms with van der Waals surface area (Å²) >= 11 is 0. The molecular weight excluding hydrogens is 236 g/mol. The van der Waals surface area contributed by atoms with Gasteiger partial charge in [-0.3, -0.25) is 0 Å². The fraction of sp³-hybridized carbons (Fsp3) is 0.500. The van der Waals surface area contributed by atoms with Gasteiger partial charge in [0.2, 0.25) is 0 Å². The highest BCUT2D eigenvalue weighted by atomic mass is 16.5. The third-order valence-electron chi connectivity index (χ3n) is 2.25. The third kappa shape index (κ3) is 5.33. The predicted octanol–water partition coefficient (Wildman–Crippen LogP) is -0.917. The Balaban J connectivity index is 2.37. The van der Waals surface area contributed by atoms with Gasteiger partial charge in [0.25, 0.3) is 0 Å². The van der Waals surface area contributed by atoms with Gasteiger partial charge in [-0.05, 0) is 24.3 Å². The molecule has 6 N–H and O–H groups in total. The van der Waals surface area contributed by atoms with Crippen LogP contribution in [0, 0.1) is 0 Å². The van der Waals surface area contributed by atoms with E-state index in [-0.39, 0.29) is 26.3 Å². The number of hydrogen-bond acceptors (Lipinski definition) is 6. The van der Waals surface area contributed by atoms with Crippen molar-refractivity contribution in [3.05, 3.63) is 24.3 Å². The maximum absolute atomic E-state index is 9.23. The summed E-state index contributed by atoms with van der Waals surface area (Å²) in [4.78, 5) is 0. The fourth-order valence-electron chi connectivity index (χ4n) is 1.15. The summed E-state index contributed by atoms with van der Waals surface area (Å²) in [5.41, 5.74) is 10.5. The number of rotatable bonds is 8. The van der Waals surface area contributed by atoms with E-state index in [1.807, 2.05) is 0 Å². The summed E-state index contributed by atoms with van der Waals surface area (Å²) < 4.78 is 10.6. The molecule has 0 radical (unpaired) electrons. The first-order valence-corrected chi connectivity index (χ1v) is 5.77. The Bertz CT molecular complexity index is 298. The molecule has 102 valence electrons. The van der Waals surface area contributed by atoms with Crippen molar-refractivity contribution in [2.24, 2.45) is 11.5 Å². The lowest BCUT2D eigenvalue weighted by Crippen LogP contribution is -2.26. The molecule has 0 amide bonds. The van der Waals surface area contributed by atoms with Crippen molar-refractivity contribution in [3.63, 3.8) is 0 Å². The smallest absolute Gasteiger partial charge is 0.119 e. The van der Waals surface area contributed by atoms with Crippen LogP contribution in [0.4, 0.5) is 0 Å². The zero-order chi connectivity index (χ0) is 13.4. The molecule has 1 rings (SSSR count). The lowest BCUT2D eigenvalue weighted by atomic mass is 10.3. The summed E-state index contributed by atoms with van der Waals surface area (Å²) in [5.74, 6) is 1.24. The van der Waals surface area contributed by atoms with Crippen molar-refractivity contribution in [2.45, 2.75) is 12.2 Å². The number of aliphatic hydroxyl groups is 2. The average molecular weight is 256 g/mol. The van der Waals surface area contributed by atoms with Crippen LogP contribution < -0.4 is 20.9 Å². The number of aliphatic hydroxyl groups excluding tert-OH is 2. The Hall–Kier alpha value is -1.34. The lowest BCUT2D eigenvalue weighted by Gasteiger charge is -2.12. The Morgan fingerprint density at radius 2 is 1.17 bits per heavy atom. The molecule has 2 atom stereocenters. The van der Waals surface area contributed by atoms with Crippen molar-refractivity contribution in [3.8, 4) is 11.5 Å². The maximum Gasteiger partial charge on any atom is 0.119 e. The number of hydrogen-bond donors (Lipinski definition) is 4. The monoisotopic (exact) mass is 256 g/mol. The zero-order valence-corrected chi connectivity index (χ0v) is 10.2. The first kappa shape index (κ1) is 14.7. The molecule has 0 aliphatic rings. The quantitative estimate of drug-likeness (QED) is 0.479. The molecule has 1 aromatic rings. The summed E-state index contributed by atoms with van der Waals surface area (Å²) in [7, 11) is 0. The van der Waals surface area contributed by atoms with E-state index in [0.717, 1.165) is 0 Å². The number of benzene rings is 1. The van der Waals surface area contributed by atoms with Gasteiger partial charge < -0.3 is 31.2 Å². The first-order valence-electron chi connectivity index (χ1n) is 5.77. The maximum atomic E-state index is 9.23. The molecule has 18 heavy (non-hydrogen) atoms. The average Bonchev–Trinajstić information content (AvgIpc) is 2.43. The summed E-state index contributed by atoms with van der Waals surface area (Å²) in [6.45, 7) is 0.640. The van der Waals surface area contributed by atoms with E-state index in [2.05, 4.69) is 0 Å². The third-order valence-corrected chi connectivity index (χ3v) is 2.25. The van der Waals surface area contributed by atoms with Crippen LogP contribution in [0.15, 0.2) is 24.3 Å². The standard InChI is InChI=1S/C12H20N2O4/c13-5-9(15)7-17-11-1-2-12(4-3-11)18-8-10(16)6-14/h1-4,9-10,15-16H,5-8,13-14H2/t9-,10+. The number of nitrogens with two attached hydrogens (primary N) is 2. The van der Waals surface area contributed by atoms with Crippen molar-refractivity contribution in [1.29, 1.82) is 0 Å². The summed E-state index contributed by atoms with van der Waals surface area (Å²) in [6.07, 6.45) is -1.33. The van der Waals surface area contributed by atoms with Crippen molar-refractivity contribution in [1.82, 2.24) is 0 Å². The summed E-state index contributed by atoms with van der Waals surface area (Å²) in [5, 5.41) is 18.5. The van der Waals surface area contributed by atoms with Gasteiger partial charge in [-0.1, -0.05) is 0 Å². The molecule has 0 fully saturated rings. The molecule has 6 nitrogen and oxygen atoms in total. The van der Waals surface area contributed by atoms with Gasteiger partial charge in [-0.2, -0.15) is 0 Å². The number of ether oxygens (including phenoxy) is 2. The van der Waals surface area contributed by atoms with Gasteiger partial charge in [-0.25, -0.2) is 0 Å². The lowest BCUT2D eigenvalue weighted by molar-refractivity contribution is 0.112. The van der Waals surface area contributed by atoms with E-state index >= 15 is 0 Å². The van der Waals surface area contributed by atoms with Crippen LogP contribution in [0.2, 0.25) is 0 Å². The SMILES string of the molecule is NC[C@@H](O)COc1ccc(OC[C@@H](O)CN)cc1. The highest BCUT2D eigenvalue weighted by Gasteiger charge is 2.04. The van der Waals surface area contributed by atoms with E-state index in [4.69, 9.17) is 20.9 Å². The Labute approximate surface area is 106 Å². The predicted molar refractivity (Wildman–Crippen MR) is 67.6 cm³/mol. The van der Waals surface area contributed by atoms with E-state index in [0.29, 0.717) is 11.5 Å². The largest absolute Gasteiger partial charge is 0.491 e. The molecule has 0 saturated carbocycles. The summed E-state index contributed by atoms with van der Waals surface area (Å²) in [6, 6.07) is 6.86. The molecule has 0 saturated heterocycles. The van der Waals surface area contributed by atoms with Crippen LogP contribution in [-0.4, -0.2) is 48.7 Å². The minimum atomic E-state index is -0.666. The fourth-order valence-corrected chi connectivity index (χ4v) is 1.15. The van der Waals surface area contributed by atoms with Crippen LogP contribution >= 0.6 is 0 Å². The molecule has 0 heterocycles. The molecule has 0 spiro atoms. The molecule has 0 aromatic heterocycles. The topological polar surface area (TPSA) is 111 Å². The normalized spacial score (nSPS) is 14.0. The van der Waals surface area contributed by atoms with Gasteiger partial charge in [0.1, 0.15) is 36.9 Å². The van der Waals surface area contributed by atoms with Crippen LogP contribution in [-0.2, 0) is 0 Å². The van der Waals surface area contributed by atoms with Crippen molar-refractivity contribution in [2.75, 3.05) is 26.3 Å². The van der Waals surface area contributed by atoms with Gasteiger partial charge in [-0.15, -0.1) is 0 Å². The molecular formula is C12H20N2O4. The van der Waals surface area contributed by atoms with E-state index in [1.54, 1.807) is 24.3 Å². The second-order valence-electron chi connectivity index (χ2n) is 3.87. The minimum absolute atomic E-state index is 0.155. The molecule has 0 aliphatic heterocycles. The van der Waals surface area contributed by atoms with Crippen molar-refractivity contribution >= 4 is 0 Å². The van der Waals surface area contributed by atoms with Crippen LogP contribution in [0.5, 0.6) is 11.5 Å². The van der Waals surface area contributed by atoms with Gasteiger partial charge in [0, 0.05) is 13.1 Å². The second kappa shape index (κ2) is 7.88. The Morgan fingerprint density at radius 1 is 0.833 bits per heavy atom. The van der Waals surface area contributed by atoms with Crippen LogP contribution in [0.3, 0.4) is 0 Å². The second-order valence-corrected chi connectivity index (χ2v) is 3.87. The van der Waals surface area contributed by atoms with Gasteiger partial charge >= 0.3 is 0 Å². The van der Waals surface area contributed by atoms with Crippen LogP contribution in [0.1, 0.15) is 0 Å².